The number of phenols is 4. The molecule has 0 aliphatic carbocycles. The number of hydrogen-bond acceptors (Lipinski definition) is 22. The van der Waals surface area contributed by atoms with Crippen LogP contribution in [0.1, 0.15) is 107 Å². The van der Waals surface area contributed by atoms with E-state index in [1.165, 1.54) is 89.8 Å². The van der Waals surface area contributed by atoms with Crippen molar-refractivity contribution in [2.75, 3.05) is 26.2 Å². The first kappa shape index (κ1) is 87.6. The Morgan fingerprint density at radius 2 is 0.826 bits per heavy atom. The van der Waals surface area contributed by atoms with E-state index in [1.54, 1.807) is 26.0 Å². The summed E-state index contributed by atoms with van der Waals surface area (Å²) in [6, 6.07) is 4.63. The second-order valence-electron chi connectivity index (χ2n) is 26.7. The lowest BCUT2D eigenvalue weighted by molar-refractivity contribution is -0.142. The number of phenolic OH excluding ortho intramolecular Hbond substituents is 4. The standard InChI is InChI=1S/C72H98N16O21/c1-38(2)30-51(79-61(97)36-78-62(98)52(32-40-10-18-44(91)19-11-40)83-69(105)56(37-89)87-70(106)57-7-5-29-88(57)71(107)47(74)31-39-8-16-43(90)17-9-39)65(101)86-55(35-60(77)96)68(104)85-54(34-42-14-22-46(93)23-15-42)67(103)84-53(33-41-12-20-45(92)21-13-41)66(102)81-48(24-26-58(75)94)63(99)80-49(25-27-59(76)95)64(100)82-50(72(108)109)6-3-4-28-73/h8-23,38,47-57,89-93H,3-7,24-37,73-74H2,1-2H3,(H2,75,94)(H2,76,95)(H2,77,96)(H,78,98)(H,79,97)(H,80,99)(H,81,102)(H,82,100)(H,83,105)(H,84,103)(H,85,104)(H,86,101)(H,87,106)(H,108,109)/t47-,48-,49-,50-,51-,52-,53-,54-,55-,56-,57-/m0/s1. The Morgan fingerprint density at radius 3 is 1.23 bits per heavy atom. The normalized spacial score (nSPS) is 15.2. The molecule has 1 aliphatic rings. The molecule has 14 amide bonds. The molecule has 5 rings (SSSR count). The fourth-order valence-electron chi connectivity index (χ4n) is 11.6. The van der Waals surface area contributed by atoms with Crippen LogP contribution in [-0.4, -0.2) is 217 Å². The van der Waals surface area contributed by atoms with E-state index < -0.39 is 219 Å². The zero-order valence-corrected chi connectivity index (χ0v) is 60.2. The van der Waals surface area contributed by atoms with E-state index in [0.29, 0.717) is 24.0 Å². The van der Waals surface area contributed by atoms with Gasteiger partial charge < -0.3 is 117 Å². The molecule has 0 spiro atoms. The predicted molar refractivity (Wildman–Crippen MR) is 388 cm³/mol. The predicted octanol–water partition coefficient (Wildman–Crippen LogP) is -4.76. The second kappa shape index (κ2) is 43.6. The first-order chi connectivity index (χ1) is 51.6. The van der Waals surface area contributed by atoms with Gasteiger partial charge in [-0.05, 0) is 141 Å². The number of carboxylic acid groups (broad SMARTS) is 1. The fraction of sp³-hybridized carbons (Fsp3) is 0.458. The molecule has 37 nitrogen and oxygen atoms in total. The topological polar surface area (TPSA) is 631 Å². The fourth-order valence-corrected chi connectivity index (χ4v) is 11.6. The molecule has 0 bridgehead atoms. The average molecular weight is 1520 g/mol. The Morgan fingerprint density at radius 1 is 0.450 bits per heavy atom. The summed E-state index contributed by atoms with van der Waals surface area (Å²) in [4.78, 5) is 206. The van der Waals surface area contributed by atoms with Crippen molar-refractivity contribution in [2.24, 2.45) is 34.6 Å². The van der Waals surface area contributed by atoms with Gasteiger partial charge in [0.15, 0.2) is 0 Å². The van der Waals surface area contributed by atoms with Gasteiger partial charge in [0.25, 0.3) is 0 Å². The smallest absolute Gasteiger partial charge is 0.326 e. The monoisotopic (exact) mass is 1520 g/mol. The molecule has 1 heterocycles. The van der Waals surface area contributed by atoms with Gasteiger partial charge in [0.2, 0.25) is 82.7 Å². The minimum atomic E-state index is -1.93. The van der Waals surface area contributed by atoms with Crippen molar-refractivity contribution in [2.45, 2.75) is 177 Å². The molecule has 1 saturated heterocycles. The van der Waals surface area contributed by atoms with Crippen LogP contribution in [0, 0.1) is 5.92 Å². The van der Waals surface area contributed by atoms with Crippen molar-refractivity contribution < 1.29 is 103 Å². The molecular formula is C72H98N16O21. The number of nitrogens with zero attached hydrogens (tertiary/aromatic N) is 1. The Hall–Kier alpha value is -12.0. The lowest BCUT2D eigenvalue weighted by Gasteiger charge is -2.28. The van der Waals surface area contributed by atoms with Gasteiger partial charge in [-0.1, -0.05) is 62.4 Å². The molecule has 109 heavy (non-hydrogen) atoms. The van der Waals surface area contributed by atoms with Gasteiger partial charge >= 0.3 is 5.97 Å². The van der Waals surface area contributed by atoms with Crippen LogP contribution < -0.4 is 81.8 Å². The summed E-state index contributed by atoms with van der Waals surface area (Å²) < 4.78 is 0. The molecular weight excluding hydrogens is 1420 g/mol. The number of nitrogens with two attached hydrogens (primary N) is 5. The number of hydrogen-bond donors (Lipinski definition) is 21. The van der Waals surface area contributed by atoms with E-state index in [-0.39, 0.29) is 85.7 Å². The third-order valence-electron chi connectivity index (χ3n) is 17.4. The Kier molecular flexibility index (Phi) is 35.0. The summed E-state index contributed by atoms with van der Waals surface area (Å²) in [5.74, 6) is -16.7. The van der Waals surface area contributed by atoms with Gasteiger partial charge in [-0.2, -0.15) is 0 Å². The number of carbonyl (C=O) groups is 15. The lowest BCUT2D eigenvalue weighted by Crippen LogP contribution is -2.61. The molecule has 592 valence electrons. The summed E-state index contributed by atoms with van der Waals surface area (Å²) >= 11 is 0. The first-order valence-electron chi connectivity index (χ1n) is 35.2. The van der Waals surface area contributed by atoms with Crippen LogP contribution in [0.3, 0.4) is 0 Å². The molecule has 0 radical (unpaired) electrons. The first-order valence-corrected chi connectivity index (χ1v) is 35.2. The maximum atomic E-state index is 14.9. The molecule has 1 fully saturated rings. The Labute approximate surface area is 626 Å². The number of likely N-dealkylation sites (tertiary alicyclic amines) is 1. The van der Waals surface area contributed by atoms with E-state index in [9.17, 15) is 103 Å². The molecule has 4 aromatic carbocycles. The van der Waals surface area contributed by atoms with E-state index in [2.05, 4.69) is 53.2 Å². The molecule has 37 heteroatoms. The van der Waals surface area contributed by atoms with E-state index in [4.69, 9.17) is 28.7 Å². The average Bonchev–Trinajstić information content (AvgIpc) is 1.71. The number of nitrogens with one attached hydrogen (secondary N) is 10. The number of carbonyl (C=O) groups excluding carboxylic acids is 14. The summed E-state index contributed by atoms with van der Waals surface area (Å²) in [6.45, 7) is 1.84. The number of primary amides is 3. The maximum absolute atomic E-state index is 14.9. The van der Waals surface area contributed by atoms with Crippen molar-refractivity contribution in [3.63, 3.8) is 0 Å². The molecule has 0 aromatic heterocycles. The summed E-state index contributed by atoms with van der Waals surface area (Å²) in [6.07, 6.45) is -3.08. The van der Waals surface area contributed by atoms with Crippen molar-refractivity contribution in [1.29, 1.82) is 0 Å². The van der Waals surface area contributed by atoms with Crippen molar-refractivity contribution in [3.8, 4) is 23.0 Å². The highest BCUT2D eigenvalue weighted by molar-refractivity contribution is 6.00. The molecule has 4 aromatic rings. The zero-order valence-electron chi connectivity index (χ0n) is 60.2. The van der Waals surface area contributed by atoms with Gasteiger partial charge in [0.1, 0.15) is 83.4 Å². The molecule has 26 N–H and O–H groups in total. The number of unbranched alkanes of at least 4 members (excludes halogenated alkanes) is 1. The number of aliphatic hydroxyl groups excluding tert-OH is 1. The minimum Gasteiger partial charge on any atom is -0.508 e. The molecule has 1 aliphatic heterocycles. The quantitative estimate of drug-likeness (QED) is 0.0185. The van der Waals surface area contributed by atoms with Crippen LogP contribution in [0.5, 0.6) is 23.0 Å². The maximum Gasteiger partial charge on any atom is 0.326 e. The SMILES string of the molecule is CC(C)C[C@H](NC(=O)CNC(=O)[C@H](Cc1ccc(O)cc1)NC(=O)[C@H](CO)NC(=O)[C@@H]1CCCN1C(=O)[C@@H](N)Cc1ccc(O)cc1)C(=O)N[C@@H](CC(N)=O)C(=O)N[C@@H](Cc1ccc(O)cc1)C(=O)N[C@@H](Cc1ccc(O)cc1)C(=O)N[C@@H](CCC(N)=O)C(=O)N[C@@H](CCC(N)=O)C(=O)N[C@@H](CCCCN)C(=O)O. The van der Waals surface area contributed by atoms with E-state index in [1.807, 2.05) is 0 Å². The number of rotatable bonds is 45. The number of amides is 14. The van der Waals surface area contributed by atoms with Crippen LogP contribution in [-0.2, 0) is 97.6 Å². The second-order valence-corrected chi connectivity index (χ2v) is 26.7. The van der Waals surface area contributed by atoms with Crippen LogP contribution in [0.15, 0.2) is 97.1 Å². The minimum absolute atomic E-state index is 0.00586. The number of aliphatic carboxylic acids is 1. The van der Waals surface area contributed by atoms with Crippen molar-refractivity contribution in [1.82, 2.24) is 58.1 Å². The molecule has 11 atom stereocenters. The third-order valence-corrected chi connectivity index (χ3v) is 17.4. The van der Waals surface area contributed by atoms with Crippen LogP contribution >= 0.6 is 0 Å². The van der Waals surface area contributed by atoms with E-state index >= 15 is 0 Å². The van der Waals surface area contributed by atoms with Gasteiger partial charge in [-0.15, -0.1) is 0 Å². The van der Waals surface area contributed by atoms with Gasteiger partial charge in [0.05, 0.1) is 25.6 Å². The van der Waals surface area contributed by atoms with E-state index in [0.717, 1.165) is 0 Å². The van der Waals surface area contributed by atoms with Gasteiger partial charge in [0, 0.05) is 38.6 Å². The Bertz CT molecular complexity index is 3830. The summed E-state index contributed by atoms with van der Waals surface area (Å²) in [7, 11) is 0. The van der Waals surface area contributed by atoms with Crippen LogP contribution in [0.2, 0.25) is 0 Å². The highest BCUT2D eigenvalue weighted by Gasteiger charge is 2.40. The van der Waals surface area contributed by atoms with Crippen LogP contribution in [0.25, 0.3) is 0 Å². The largest absolute Gasteiger partial charge is 0.508 e. The number of aliphatic hydroxyl groups is 1. The highest BCUT2D eigenvalue weighted by atomic mass is 16.4. The van der Waals surface area contributed by atoms with Crippen molar-refractivity contribution >= 4 is 88.7 Å². The van der Waals surface area contributed by atoms with Crippen molar-refractivity contribution in [3.05, 3.63) is 119 Å². The lowest BCUT2D eigenvalue weighted by atomic mass is 10.0. The molecule has 0 saturated carbocycles. The van der Waals surface area contributed by atoms with Gasteiger partial charge in [-0.25, -0.2) is 4.79 Å². The number of aromatic hydroxyl groups is 4. The summed E-state index contributed by atoms with van der Waals surface area (Å²) in [5.41, 5.74) is 29.8. The Balaban J connectivity index is 1.35. The third kappa shape index (κ3) is 30.1. The number of carboxylic acids is 1. The molecule has 0 unspecified atom stereocenters. The van der Waals surface area contributed by atoms with Crippen LogP contribution in [0.4, 0.5) is 0 Å². The highest BCUT2D eigenvalue weighted by Crippen LogP contribution is 2.22. The zero-order chi connectivity index (χ0) is 80.6. The number of benzene rings is 4. The summed E-state index contributed by atoms with van der Waals surface area (Å²) in [5, 5.41) is 84.5. The van der Waals surface area contributed by atoms with Gasteiger partial charge in [-0.3, -0.25) is 67.1 Å².